The molecule has 1 aliphatic rings. The van der Waals surface area contributed by atoms with E-state index in [2.05, 4.69) is 42.7 Å². The first kappa shape index (κ1) is 25.0. The number of hydrogen-bond donors (Lipinski definition) is 2. The minimum atomic E-state index is -4.86. The smallest absolute Gasteiger partial charge is 0.352 e. The van der Waals surface area contributed by atoms with Crippen LogP contribution in [0.3, 0.4) is 0 Å². The maximum atomic E-state index is 14.1. The number of carbonyl (C=O) groups is 1. The van der Waals surface area contributed by atoms with Gasteiger partial charge in [0.25, 0.3) is 0 Å². The lowest BCUT2D eigenvalue weighted by Crippen LogP contribution is -2.42. The van der Waals surface area contributed by atoms with Crippen LogP contribution in [0.1, 0.15) is 36.5 Å². The van der Waals surface area contributed by atoms with E-state index in [0.29, 0.717) is 24.0 Å². The molecule has 1 aliphatic heterocycles. The SMILES string of the molecule is CCCC(=O)NCc1ccc(C2=CC(c3cc(Br)c(F)c(Br)c3)(C(F)(F)F)ON2)cc1Cl. The third-order valence-corrected chi connectivity index (χ3v) is 6.33. The average Bonchev–Trinajstić information content (AvgIpc) is 3.18. The maximum absolute atomic E-state index is 14.1. The van der Waals surface area contributed by atoms with Crippen molar-refractivity contribution in [2.45, 2.75) is 38.1 Å². The van der Waals surface area contributed by atoms with Crippen LogP contribution < -0.4 is 10.8 Å². The van der Waals surface area contributed by atoms with Crippen LogP contribution in [0.2, 0.25) is 5.02 Å². The van der Waals surface area contributed by atoms with Gasteiger partial charge in [-0.3, -0.25) is 15.1 Å². The number of hydroxylamine groups is 1. The summed E-state index contributed by atoms with van der Waals surface area (Å²) in [7, 11) is 0. The molecule has 0 aromatic heterocycles. The molecule has 1 atom stereocenters. The molecular formula is C21H17Br2ClF4N2O2. The molecule has 0 bridgehead atoms. The topological polar surface area (TPSA) is 50.4 Å². The monoisotopic (exact) mass is 598 g/mol. The van der Waals surface area contributed by atoms with Crippen LogP contribution in [-0.2, 0) is 21.8 Å². The molecule has 0 radical (unpaired) electrons. The Balaban J connectivity index is 1.95. The highest BCUT2D eigenvalue weighted by molar-refractivity contribution is 9.11. The zero-order chi connectivity index (χ0) is 23.7. The van der Waals surface area contributed by atoms with Crippen LogP contribution in [0.15, 0.2) is 45.4 Å². The first-order chi connectivity index (χ1) is 15.0. The molecule has 11 heteroatoms. The van der Waals surface area contributed by atoms with Crippen LogP contribution >= 0.6 is 43.5 Å². The van der Waals surface area contributed by atoms with Crippen molar-refractivity contribution in [3.8, 4) is 0 Å². The third kappa shape index (κ3) is 4.98. The van der Waals surface area contributed by atoms with Gasteiger partial charge in [-0.05, 0) is 68.1 Å². The fourth-order valence-corrected chi connectivity index (χ4v) is 4.56. The zero-order valence-electron chi connectivity index (χ0n) is 16.5. The Bertz CT molecular complexity index is 1060. The molecule has 1 heterocycles. The summed E-state index contributed by atoms with van der Waals surface area (Å²) in [6, 6.07) is 6.70. The average molecular weight is 601 g/mol. The van der Waals surface area contributed by atoms with Gasteiger partial charge in [0.1, 0.15) is 0 Å². The van der Waals surface area contributed by atoms with Crippen LogP contribution in [0.4, 0.5) is 17.6 Å². The fraction of sp³-hybridized carbons (Fsp3) is 0.286. The highest BCUT2D eigenvalue weighted by Crippen LogP contribution is 2.48. The van der Waals surface area contributed by atoms with Crippen molar-refractivity contribution in [3.63, 3.8) is 0 Å². The number of amides is 1. The van der Waals surface area contributed by atoms with Gasteiger partial charge in [-0.2, -0.15) is 13.2 Å². The summed E-state index contributed by atoms with van der Waals surface area (Å²) in [5, 5.41) is 3.01. The summed E-state index contributed by atoms with van der Waals surface area (Å²) < 4.78 is 56.0. The Morgan fingerprint density at radius 1 is 1.22 bits per heavy atom. The molecule has 0 spiro atoms. The van der Waals surface area contributed by atoms with Gasteiger partial charge in [-0.1, -0.05) is 30.7 Å². The van der Waals surface area contributed by atoms with Crippen molar-refractivity contribution in [1.82, 2.24) is 10.8 Å². The molecule has 2 aromatic carbocycles. The molecule has 3 rings (SSSR count). The first-order valence-electron chi connectivity index (χ1n) is 9.42. The quantitative estimate of drug-likeness (QED) is 0.285. The summed E-state index contributed by atoms with van der Waals surface area (Å²) in [5.74, 6) is -0.845. The first-order valence-corrected chi connectivity index (χ1v) is 11.4. The molecule has 0 aliphatic carbocycles. The van der Waals surface area contributed by atoms with E-state index in [1.165, 1.54) is 6.07 Å². The predicted molar refractivity (Wildman–Crippen MR) is 120 cm³/mol. The van der Waals surface area contributed by atoms with Gasteiger partial charge in [0, 0.05) is 29.1 Å². The van der Waals surface area contributed by atoms with Crippen LogP contribution in [0, 0.1) is 5.82 Å². The summed E-state index contributed by atoms with van der Waals surface area (Å²) in [4.78, 5) is 16.7. The largest absolute Gasteiger partial charge is 0.428 e. The Hall–Kier alpha value is -1.62. The summed E-state index contributed by atoms with van der Waals surface area (Å²) >= 11 is 12.1. The van der Waals surface area contributed by atoms with Gasteiger partial charge in [-0.25, -0.2) is 4.39 Å². The molecular weight excluding hydrogens is 583 g/mol. The molecule has 2 aromatic rings. The van der Waals surface area contributed by atoms with Crippen molar-refractivity contribution < 1.29 is 27.2 Å². The minimum absolute atomic E-state index is 0.0439. The van der Waals surface area contributed by atoms with Crippen molar-refractivity contribution in [3.05, 3.63) is 72.9 Å². The van der Waals surface area contributed by atoms with Gasteiger partial charge in [-0.15, -0.1) is 0 Å². The molecule has 4 nitrogen and oxygen atoms in total. The molecule has 1 unspecified atom stereocenters. The lowest BCUT2D eigenvalue weighted by molar-refractivity contribution is -0.269. The second kappa shape index (κ2) is 9.70. The molecule has 0 saturated heterocycles. The zero-order valence-corrected chi connectivity index (χ0v) is 20.5. The number of carbonyl (C=O) groups excluding carboxylic acids is 1. The van der Waals surface area contributed by atoms with Gasteiger partial charge >= 0.3 is 6.18 Å². The molecule has 2 N–H and O–H groups in total. The number of alkyl halides is 3. The molecule has 172 valence electrons. The number of benzene rings is 2. The van der Waals surface area contributed by atoms with E-state index in [1.54, 1.807) is 12.1 Å². The summed E-state index contributed by atoms with van der Waals surface area (Å²) in [5.41, 5.74) is 0.167. The standard InChI is InChI=1S/C21H17Br2ClF4N2O2/c1-2-3-18(31)29-10-12-5-4-11(6-16(12)24)17-9-20(32-30-17,21(26,27)28)13-7-14(22)19(25)15(23)8-13/h4-9,30H,2-3,10H2,1H3,(H,29,31). The Kier molecular flexibility index (Phi) is 7.59. The van der Waals surface area contributed by atoms with E-state index < -0.39 is 17.6 Å². The van der Waals surface area contributed by atoms with Crippen molar-refractivity contribution in [1.29, 1.82) is 0 Å². The van der Waals surface area contributed by atoms with E-state index in [4.69, 9.17) is 16.4 Å². The third-order valence-electron chi connectivity index (χ3n) is 4.82. The number of nitrogens with one attached hydrogen (secondary N) is 2. The Morgan fingerprint density at radius 3 is 2.44 bits per heavy atom. The predicted octanol–water partition coefficient (Wildman–Crippen LogP) is 6.75. The highest BCUT2D eigenvalue weighted by Gasteiger charge is 2.59. The van der Waals surface area contributed by atoms with E-state index in [0.717, 1.165) is 18.2 Å². The van der Waals surface area contributed by atoms with E-state index in [9.17, 15) is 22.4 Å². The summed E-state index contributed by atoms with van der Waals surface area (Å²) in [6.07, 6.45) is -2.88. The van der Waals surface area contributed by atoms with Gasteiger partial charge in [0.15, 0.2) is 5.82 Å². The second-order valence-corrected chi connectivity index (χ2v) is 9.20. The number of halogens is 7. The number of hydrogen-bond acceptors (Lipinski definition) is 3. The Labute approximate surface area is 203 Å². The van der Waals surface area contributed by atoms with Crippen molar-refractivity contribution >= 4 is 55.1 Å². The van der Waals surface area contributed by atoms with Gasteiger partial charge in [0.2, 0.25) is 11.5 Å². The minimum Gasteiger partial charge on any atom is -0.352 e. The molecule has 32 heavy (non-hydrogen) atoms. The second-order valence-electron chi connectivity index (χ2n) is 7.08. The van der Waals surface area contributed by atoms with Crippen LogP contribution in [-0.4, -0.2) is 12.1 Å². The highest BCUT2D eigenvalue weighted by atomic mass is 79.9. The normalized spacial score (nSPS) is 18.3. The van der Waals surface area contributed by atoms with Gasteiger partial charge in [0.05, 0.1) is 14.6 Å². The van der Waals surface area contributed by atoms with E-state index in [1.807, 2.05) is 6.92 Å². The molecule has 0 fully saturated rings. The van der Waals surface area contributed by atoms with Crippen molar-refractivity contribution in [2.75, 3.05) is 0 Å². The lowest BCUT2D eigenvalue weighted by Gasteiger charge is -2.29. The van der Waals surface area contributed by atoms with E-state index >= 15 is 0 Å². The molecule has 1 amide bonds. The van der Waals surface area contributed by atoms with Gasteiger partial charge < -0.3 is 5.32 Å². The summed E-state index contributed by atoms with van der Waals surface area (Å²) in [6.45, 7) is 2.08. The fourth-order valence-electron chi connectivity index (χ4n) is 3.12. The number of rotatable bonds is 6. The maximum Gasteiger partial charge on any atom is 0.428 e. The van der Waals surface area contributed by atoms with Crippen LogP contribution in [0.25, 0.3) is 5.70 Å². The molecule has 0 saturated carbocycles. The lowest BCUT2D eigenvalue weighted by atomic mass is 9.91. The van der Waals surface area contributed by atoms with E-state index in [-0.39, 0.29) is 37.7 Å². The van der Waals surface area contributed by atoms with Crippen molar-refractivity contribution in [2.24, 2.45) is 0 Å². The Morgan fingerprint density at radius 2 is 1.88 bits per heavy atom. The van der Waals surface area contributed by atoms with Crippen LogP contribution in [0.5, 0.6) is 0 Å².